The van der Waals surface area contributed by atoms with Gasteiger partial charge in [-0.2, -0.15) is 0 Å². The predicted molar refractivity (Wildman–Crippen MR) is 119 cm³/mol. The minimum atomic E-state index is -0.324. The number of carbonyl (C=O) groups excluding carboxylic acids is 1. The number of hydrogen-bond acceptors (Lipinski definition) is 4. The second-order valence-corrected chi connectivity index (χ2v) is 8.32. The highest BCUT2D eigenvalue weighted by Gasteiger charge is 2.19. The number of fused-ring (bicyclic) bond motifs is 1. The summed E-state index contributed by atoms with van der Waals surface area (Å²) in [6.07, 6.45) is 2.60. The average molecular weight is 410 g/mol. The zero-order valence-corrected chi connectivity index (χ0v) is 17.7. The highest BCUT2D eigenvalue weighted by Crippen LogP contribution is 2.23. The Bertz CT molecular complexity index is 1020. The van der Waals surface area contributed by atoms with Crippen molar-refractivity contribution >= 4 is 28.6 Å². The third-order valence-electron chi connectivity index (χ3n) is 4.72. The first-order valence-electron chi connectivity index (χ1n) is 10.1. The van der Waals surface area contributed by atoms with E-state index in [2.05, 4.69) is 17.4 Å². The zero-order chi connectivity index (χ0) is 20.6. The molecule has 1 heterocycles. The molecule has 0 aliphatic carbocycles. The van der Waals surface area contributed by atoms with Gasteiger partial charge in [0.25, 0.3) is 5.56 Å². The first-order chi connectivity index (χ1) is 14.1. The Morgan fingerprint density at radius 3 is 2.62 bits per heavy atom. The number of nitrogens with one attached hydrogen (secondary N) is 1. The van der Waals surface area contributed by atoms with Crippen LogP contribution in [0, 0.1) is 0 Å². The highest BCUT2D eigenvalue weighted by atomic mass is 32.2. The number of thioether (sulfide) groups is 1. The molecule has 3 rings (SSSR count). The summed E-state index contributed by atoms with van der Waals surface area (Å²) in [6, 6.07) is 17.6. The van der Waals surface area contributed by atoms with Gasteiger partial charge in [0.2, 0.25) is 5.91 Å². The van der Waals surface area contributed by atoms with Gasteiger partial charge < -0.3 is 5.32 Å². The third kappa shape index (κ3) is 5.48. The van der Waals surface area contributed by atoms with E-state index in [0.29, 0.717) is 29.1 Å². The minimum Gasteiger partial charge on any atom is -0.355 e. The van der Waals surface area contributed by atoms with E-state index in [1.807, 2.05) is 56.3 Å². The maximum atomic E-state index is 13.1. The van der Waals surface area contributed by atoms with Crippen molar-refractivity contribution in [3.8, 4) is 0 Å². The number of carbonyl (C=O) groups is 1. The number of para-hydroxylation sites is 1. The van der Waals surface area contributed by atoms with E-state index in [4.69, 9.17) is 4.98 Å². The standard InChI is InChI=1S/C23H27N3O2S/c1-3-15-24-21(27)17(2)29-23-25-20-14-8-7-13-19(20)22(28)26(23)16-9-12-18-10-5-4-6-11-18/h4-8,10-11,13-14,17H,3,9,12,15-16H2,1-2H3,(H,24,27)/t17-/m1/s1. The number of aryl methyl sites for hydroxylation is 1. The van der Waals surface area contributed by atoms with Crippen molar-refractivity contribution in [2.24, 2.45) is 0 Å². The summed E-state index contributed by atoms with van der Waals surface area (Å²) in [7, 11) is 0. The van der Waals surface area contributed by atoms with E-state index in [9.17, 15) is 9.59 Å². The van der Waals surface area contributed by atoms with Gasteiger partial charge in [-0.05, 0) is 43.9 Å². The van der Waals surface area contributed by atoms with Gasteiger partial charge in [0.05, 0.1) is 16.2 Å². The molecule has 1 N–H and O–H groups in total. The number of aromatic nitrogens is 2. The molecule has 6 heteroatoms. The van der Waals surface area contributed by atoms with Crippen molar-refractivity contribution in [3.05, 3.63) is 70.5 Å². The van der Waals surface area contributed by atoms with E-state index in [-0.39, 0.29) is 16.7 Å². The minimum absolute atomic E-state index is 0.0323. The molecule has 3 aromatic rings. The topological polar surface area (TPSA) is 64.0 Å². The molecule has 29 heavy (non-hydrogen) atoms. The predicted octanol–water partition coefficient (Wildman–Crippen LogP) is 4.04. The number of rotatable bonds is 9. The van der Waals surface area contributed by atoms with Gasteiger partial charge in [0, 0.05) is 13.1 Å². The molecule has 0 bridgehead atoms. The van der Waals surface area contributed by atoms with Crippen molar-refractivity contribution in [3.63, 3.8) is 0 Å². The van der Waals surface area contributed by atoms with Crippen LogP contribution in [0.5, 0.6) is 0 Å². The summed E-state index contributed by atoms with van der Waals surface area (Å²) in [5.74, 6) is -0.0323. The molecular weight excluding hydrogens is 382 g/mol. The molecule has 0 saturated carbocycles. The lowest BCUT2D eigenvalue weighted by Crippen LogP contribution is -2.32. The molecule has 0 radical (unpaired) electrons. The maximum absolute atomic E-state index is 13.1. The Labute approximate surface area is 175 Å². The molecule has 0 saturated heterocycles. The number of hydrogen-bond donors (Lipinski definition) is 1. The van der Waals surface area contributed by atoms with E-state index < -0.39 is 0 Å². The molecule has 0 fully saturated rings. The first-order valence-corrected chi connectivity index (χ1v) is 11.0. The van der Waals surface area contributed by atoms with Gasteiger partial charge in [0.1, 0.15) is 0 Å². The fourth-order valence-corrected chi connectivity index (χ4v) is 4.08. The van der Waals surface area contributed by atoms with Crippen molar-refractivity contribution in [2.45, 2.75) is 50.1 Å². The van der Waals surface area contributed by atoms with Gasteiger partial charge >= 0.3 is 0 Å². The lowest BCUT2D eigenvalue weighted by atomic mass is 10.1. The van der Waals surface area contributed by atoms with Gasteiger partial charge in [-0.1, -0.05) is 61.2 Å². The van der Waals surface area contributed by atoms with Crippen LogP contribution in [0.4, 0.5) is 0 Å². The van der Waals surface area contributed by atoms with Crippen LogP contribution in [-0.2, 0) is 17.8 Å². The van der Waals surface area contributed by atoms with Gasteiger partial charge in [-0.15, -0.1) is 0 Å². The Balaban J connectivity index is 1.84. The Morgan fingerprint density at radius 2 is 1.86 bits per heavy atom. The van der Waals surface area contributed by atoms with E-state index >= 15 is 0 Å². The average Bonchev–Trinajstić information content (AvgIpc) is 2.74. The molecule has 5 nitrogen and oxygen atoms in total. The maximum Gasteiger partial charge on any atom is 0.262 e. The normalized spacial score (nSPS) is 12.1. The van der Waals surface area contributed by atoms with Crippen LogP contribution in [0.15, 0.2) is 64.5 Å². The number of amides is 1. The quantitative estimate of drug-likeness (QED) is 0.428. The van der Waals surface area contributed by atoms with Gasteiger partial charge in [0.15, 0.2) is 5.16 Å². The highest BCUT2D eigenvalue weighted by molar-refractivity contribution is 8.00. The van der Waals surface area contributed by atoms with Crippen LogP contribution >= 0.6 is 11.8 Å². The first kappa shape index (κ1) is 21.1. The molecule has 2 aromatic carbocycles. The summed E-state index contributed by atoms with van der Waals surface area (Å²) in [5.41, 5.74) is 1.86. The summed E-state index contributed by atoms with van der Waals surface area (Å²) >= 11 is 1.34. The molecule has 1 atom stereocenters. The van der Waals surface area contributed by atoms with Crippen LogP contribution in [0.25, 0.3) is 10.9 Å². The molecule has 152 valence electrons. The van der Waals surface area contributed by atoms with Crippen molar-refractivity contribution in [2.75, 3.05) is 6.54 Å². The molecule has 1 amide bonds. The molecule has 1 aromatic heterocycles. The second-order valence-electron chi connectivity index (χ2n) is 7.01. The van der Waals surface area contributed by atoms with Gasteiger partial charge in [-0.3, -0.25) is 14.2 Å². The van der Waals surface area contributed by atoms with Crippen LogP contribution in [0.2, 0.25) is 0 Å². The van der Waals surface area contributed by atoms with Crippen LogP contribution in [-0.4, -0.2) is 27.3 Å². The van der Waals surface area contributed by atoms with Crippen molar-refractivity contribution in [1.29, 1.82) is 0 Å². The Kier molecular flexibility index (Phi) is 7.47. The smallest absolute Gasteiger partial charge is 0.262 e. The number of benzene rings is 2. The third-order valence-corrected chi connectivity index (χ3v) is 5.81. The molecule has 0 spiro atoms. The Morgan fingerprint density at radius 1 is 1.14 bits per heavy atom. The van der Waals surface area contributed by atoms with E-state index in [1.54, 1.807) is 4.57 Å². The van der Waals surface area contributed by atoms with Gasteiger partial charge in [-0.25, -0.2) is 4.98 Å². The molecular formula is C23H27N3O2S. The largest absolute Gasteiger partial charge is 0.355 e. The zero-order valence-electron chi connectivity index (χ0n) is 16.9. The number of nitrogens with zero attached hydrogens (tertiary/aromatic N) is 2. The van der Waals surface area contributed by atoms with Crippen LogP contribution in [0.3, 0.4) is 0 Å². The van der Waals surface area contributed by atoms with Crippen LogP contribution in [0.1, 0.15) is 32.3 Å². The SMILES string of the molecule is CCCNC(=O)[C@@H](C)Sc1nc2ccccc2c(=O)n1CCCc1ccccc1. The fourth-order valence-electron chi connectivity index (χ4n) is 3.12. The Hall–Kier alpha value is -2.60. The summed E-state index contributed by atoms with van der Waals surface area (Å²) in [4.78, 5) is 30.2. The van der Waals surface area contributed by atoms with E-state index in [0.717, 1.165) is 19.3 Å². The molecule has 0 aliphatic heterocycles. The lowest BCUT2D eigenvalue weighted by Gasteiger charge is -2.16. The summed E-state index contributed by atoms with van der Waals surface area (Å²) < 4.78 is 1.72. The van der Waals surface area contributed by atoms with Crippen molar-refractivity contribution in [1.82, 2.24) is 14.9 Å². The summed E-state index contributed by atoms with van der Waals surface area (Å²) in [6.45, 7) is 5.09. The summed E-state index contributed by atoms with van der Waals surface area (Å²) in [5, 5.41) is 3.80. The van der Waals surface area contributed by atoms with E-state index in [1.165, 1.54) is 17.3 Å². The molecule has 0 unspecified atom stereocenters. The van der Waals surface area contributed by atoms with Crippen molar-refractivity contribution < 1.29 is 4.79 Å². The monoisotopic (exact) mass is 409 g/mol. The lowest BCUT2D eigenvalue weighted by molar-refractivity contribution is -0.120. The molecule has 0 aliphatic rings. The van der Waals surface area contributed by atoms with Crippen LogP contribution < -0.4 is 10.9 Å². The fraction of sp³-hybridized carbons (Fsp3) is 0.348. The second kappa shape index (κ2) is 10.3.